The lowest BCUT2D eigenvalue weighted by Gasteiger charge is -2.46. The summed E-state index contributed by atoms with van der Waals surface area (Å²) in [6.07, 6.45) is 48.9. The van der Waals surface area contributed by atoms with E-state index in [0.717, 1.165) is 89.9 Å². The molecule has 2 aliphatic rings. The third kappa shape index (κ3) is 33.8. The minimum absolute atomic E-state index is 0.251. The summed E-state index contributed by atoms with van der Waals surface area (Å²) in [6, 6.07) is -0.925. The van der Waals surface area contributed by atoms with Crippen LogP contribution in [0.25, 0.3) is 0 Å². The zero-order valence-corrected chi connectivity index (χ0v) is 48.4. The normalized spacial score (nSPS) is 25.2. The second kappa shape index (κ2) is 48.8. The molecule has 0 bridgehead atoms. The van der Waals surface area contributed by atoms with Crippen LogP contribution in [0.1, 0.15) is 219 Å². The van der Waals surface area contributed by atoms with Crippen molar-refractivity contribution >= 4 is 5.91 Å². The van der Waals surface area contributed by atoms with Gasteiger partial charge in [-0.25, -0.2) is 0 Å². The first-order valence-electron chi connectivity index (χ1n) is 30.8. The topological polar surface area (TPSA) is 228 Å². The van der Waals surface area contributed by atoms with E-state index in [9.17, 15) is 45.6 Å². The SMILES string of the molecule is CC/C=C\C/C=C\C/C=C\C/C=C\C/C=C\C/C=C\CCCCCCCCCCC(=O)NC(COC1OC(CO)C(OC2OC(CO)C(O)C(O)C2O)C(O)C1O)C(O)/C=C/CCCCCCCCCCCCCCCCC. The van der Waals surface area contributed by atoms with E-state index < -0.39 is 86.8 Å². The number of nitrogens with one attached hydrogen (secondary N) is 1. The van der Waals surface area contributed by atoms with Crippen LogP contribution in [-0.4, -0.2) is 140 Å². The van der Waals surface area contributed by atoms with Crippen LogP contribution in [0.4, 0.5) is 0 Å². The number of amides is 1. The molecule has 0 spiro atoms. The number of rotatable bonds is 48. The average Bonchev–Trinajstić information content (AvgIpc) is 3.44. The summed E-state index contributed by atoms with van der Waals surface area (Å²) in [4.78, 5) is 13.3. The van der Waals surface area contributed by atoms with Crippen LogP contribution in [0, 0.1) is 0 Å². The maximum atomic E-state index is 13.3. The highest BCUT2D eigenvalue weighted by molar-refractivity contribution is 5.76. The van der Waals surface area contributed by atoms with Gasteiger partial charge in [0.05, 0.1) is 32.0 Å². The van der Waals surface area contributed by atoms with E-state index in [1.807, 2.05) is 6.08 Å². The minimum atomic E-state index is -1.79. The van der Waals surface area contributed by atoms with Crippen molar-refractivity contribution in [2.24, 2.45) is 0 Å². The quantitative estimate of drug-likeness (QED) is 0.0204. The first kappa shape index (κ1) is 71.3. The van der Waals surface area contributed by atoms with Gasteiger partial charge in [-0.3, -0.25) is 4.79 Å². The smallest absolute Gasteiger partial charge is 0.220 e. The molecule has 2 heterocycles. The number of carbonyl (C=O) groups excluding carboxylic acids is 1. The first-order chi connectivity index (χ1) is 38.1. The van der Waals surface area contributed by atoms with Crippen LogP contribution in [-0.2, 0) is 23.7 Å². The number of ether oxygens (including phenoxy) is 4. The molecule has 0 aromatic rings. The van der Waals surface area contributed by atoms with Gasteiger partial charge in [-0.2, -0.15) is 0 Å². The van der Waals surface area contributed by atoms with Gasteiger partial charge < -0.3 is 65.1 Å². The predicted octanol–water partition coefficient (Wildman–Crippen LogP) is 10.9. The average molecular weight is 1100 g/mol. The van der Waals surface area contributed by atoms with E-state index in [0.29, 0.717) is 6.42 Å². The monoisotopic (exact) mass is 1100 g/mol. The van der Waals surface area contributed by atoms with Crippen LogP contribution in [0.15, 0.2) is 85.1 Å². The Hall–Kier alpha value is -2.83. The summed E-state index contributed by atoms with van der Waals surface area (Å²) in [5.41, 5.74) is 0. The molecule has 1 amide bonds. The van der Waals surface area contributed by atoms with E-state index >= 15 is 0 Å². The van der Waals surface area contributed by atoms with Crippen LogP contribution in [0.3, 0.4) is 0 Å². The zero-order chi connectivity index (χ0) is 56.7. The maximum Gasteiger partial charge on any atom is 0.220 e. The fourth-order valence-corrected chi connectivity index (χ4v) is 9.65. The van der Waals surface area contributed by atoms with Crippen molar-refractivity contribution in [1.29, 1.82) is 0 Å². The Morgan fingerprint density at radius 1 is 0.474 bits per heavy atom. The Labute approximate surface area is 471 Å². The fourth-order valence-electron chi connectivity index (χ4n) is 9.65. The van der Waals surface area contributed by atoms with E-state index in [-0.39, 0.29) is 18.9 Å². The summed E-state index contributed by atoms with van der Waals surface area (Å²) in [5.74, 6) is -0.251. The summed E-state index contributed by atoms with van der Waals surface area (Å²) in [5, 5.41) is 87.2. The third-order valence-electron chi connectivity index (χ3n) is 14.6. The molecule has 12 unspecified atom stereocenters. The van der Waals surface area contributed by atoms with Gasteiger partial charge in [-0.1, -0.05) is 227 Å². The van der Waals surface area contributed by atoms with Gasteiger partial charge >= 0.3 is 0 Å². The molecule has 14 heteroatoms. The summed E-state index contributed by atoms with van der Waals surface area (Å²) in [7, 11) is 0. The molecule has 2 aliphatic heterocycles. The van der Waals surface area contributed by atoms with Gasteiger partial charge in [0.15, 0.2) is 12.6 Å². The first-order valence-corrected chi connectivity index (χ1v) is 30.8. The molecule has 0 aromatic heterocycles. The van der Waals surface area contributed by atoms with Crippen LogP contribution < -0.4 is 5.32 Å². The summed E-state index contributed by atoms with van der Waals surface area (Å²) < 4.78 is 22.8. The summed E-state index contributed by atoms with van der Waals surface area (Å²) in [6.45, 7) is 2.68. The molecule has 12 atom stereocenters. The van der Waals surface area contributed by atoms with Crippen molar-refractivity contribution in [1.82, 2.24) is 5.32 Å². The highest BCUT2D eigenvalue weighted by Crippen LogP contribution is 2.30. The molecule has 450 valence electrons. The molecule has 2 rings (SSSR count). The van der Waals surface area contributed by atoms with Gasteiger partial charge in [0.2, 0.25) is 5.91 Å². The van der Waals surface area contributed by atoms with Gasteiger partial charge in [-0.15, -0.1) is 0 Å². The van der Waals surface area contributed by atoms with E-state index in [2.05, 4.69) is 92.1 Å². The predicted molar refractivity (Wildman–Crippen MR) is 313 cm³/mol. The standard InChI is InChI=1S/C64H111NO13/c1-3-5-7-9-11-13-15-17-19-21-22-23-24-25-26-27-28-29-30-32-34-36-38-40-42-44-46-48-56(69)65-52(53(68)47-45-43-41-39-37-35-33-31-20-18-16-14-12-10-8-6-4-2)51-75-63-61(74)59(72)62(55(50-67)77-63)78-64-60(73)58(71)57(70)54(49-66)76-64/h5,7,11,13,17,19,22-23,25-26,28-29,45,47,52-55,57-64,66-68,70-74H,3-4,6,8-10,12,14-16,18,20-21,24,27,30-44,46,48-51H2,1-2H3,(H,65,69)/b7-5-,13-11-,19-17-,23-22-,26-25-,29-28-,47-45+. The second-order valence-corrected chi connectivity index (χ2v) is 21.5. The molecular formula is C64H111NO13. The van der Waals surface area contributed by atoms with Gasteiger partial charge in [0.25, 0.3) is 0 Å². The zero-order valence-electron chi connectivity index (χ0n) is 48.4. The number of aliphatic hydroxyl groups excluding tert-OH is 8. The Balaban J connectivity index is 1.75. The van der Waals surface area contributed by atoms with Crippen LogP contribution in [0.2, 0.25) is 0 Å². The van der Waals surface area contributed by atoms with Crippen LogP contribution >= 0.6 is 0 Å². The van der Waals surface area contributed by atoms with Crippen molar-refractivity contribution in [3.05, 3.63) is 85.1 Å². The highest BCUT2D eigenvalue weighted by Gasteiger charge is 2.51. The van der Waals surface area contributed by atoms with E-state index in [4.69, 9.17) is 18.9 Å². The van der Waals surface area contributed by atoms with Crippen molar-refractivity contribution in [2.45, 2.75) is 293 Å². The van der Waals surface area contributed by atoms with E-state index in [1.54, 1.807) is 6.08 Å². The third-order valence-corrected chi connectivity index (χ3v) is 14.6. The van der Waals surface area contributed by atoms with Crippen molar-refractivity contribution < 1.29 is 64.6 Å². The maximum absolute atomic E-state index is 13.3. The summed E-state index contributed by atoms with van der Waals surface area (Å²) >= 11 is 0. The van der Waals surface area contributed by atoms with Crippen molar-refractivity contribution in [3.63, 3.8) is 0 Å². The fraction of sp³-hybridized carbons (Fsp3) is 0.766. The number of carbonyl (C=O) groups is 1. The van der Waals surface area contributed by atoms with Crippen molar-refractivity contribution in [3.8, 4) is 0 Å². The Morgan fingerprint density at radius 3 is 1.36 bits per heavy atom. The second-order valence-electron chi connectivity index (χ2n) is 21.5. The molecule has 2 fully saturated rings. The molecule has 0 radical (unpaired) electrons. The van der Waals surface area contributed by atoms with E-state index in [1.165, 1.54) is 103 Å². The lowest BCUT2D eigenvalue weighted by Crippen LogP contribution is -2.65. The number of unbranched alkanes of at least 4 members (excludes halogenated alkanes) is 23. The molecule has 0 aliphatic carbocycles. The molecule has 9 N–H and O–H groups in total. The molecule has 2 saturated heterocycles. The van der Waals surface area contributed by atoms with Crippen LogP contribution in [0.5, 0.6) is 0 Å². The van der Waals surface area contributed by atoms with Gasteiger partial charge in [0, 0.05) is 6.42 Å². The number of hydrogen-bond acceptors (Lipinski definition) is 13. The number of aliphatic hydroxyl groups is 8. The molecular weight excluding hydrogens is 991 g/mol. The Morgan fingerprint density at radius 2 is 0.885 bits per heavy atom. The minimum Gasteiger partial charge on any atom is -0.394 e. The lowest BCUT2D eigenvalue weighted by atomic mass is 9.97. The Kier molecular flexibility index (Phi) is 44.6. The van der Waals surface area contributed by atoms with Crippen molar-refractivity contribution in [2.75, 3.05) is 19.8 Å². The number of hydrogen-bond donors (Lipinski definition) is 9. The number of allylic oxidation sites excluding steroid dienone is 13. The largest absolute Gasteiger partial charge is 0.394 e. The van der Waals surface area contributed by atoms with Gasteiger partial charge in [0.1, 0.15) is 48.8 Å². The molecule has 0 aromatic carbocycles. The van der Waals surface area contributed by atoms with Gasteiger partial charge in [-0.05, 0) is 70.6 Å². The lowest BCUT2D eigenvalue weighted by molar-refractivity contribution is -0.359. The molecule has 78 heavy (non-hydrogen) atoms. The Bertz CT molecular complexity index is 1630. The molecule has 14 nitrogen and oxygen atoms in total. The molecule has 0 saturated carbocycles. The highest BCUT2D eigenvalue weighted by atomic mass is 16.7.